The van der Waals surface area contributed by atoms with Crippen molar-refractivity contribution in [3.63, 3.8) is 0 Å². The number of amides is 2. The molecule has 2 amide bonds. The van der Waals surface area contributed by atoms with E-state index in [0.29, 0.717) is 12.1 Å². The SMILES string of the molecule is CN(C)C(=O)CCC(=O)N(C)C1CCCN(Cc2ccccc2F)C1. The summed E-state index contributed by atoms with van der Waals surface area (Å²) in [6, 6.07) is 6.94. The molecule has 0 aromatic heterocycles. The van der Waals surface area contributed by atoms with Crippen molar-refractivity contribution in [2.75, 3.05) is 34.2 Å². The zero-order valence-corrected chi connectivity index (χ0v) is 15.4. The second kappa shape index (κ2) is 8.94. The van der Waals surface area contributed by atoms with E-state index in [2.05, 4.69) is 4.90 Å². The van der Waals surface area contributed by atoms with E-state index >= 15 is 0 Å². The Bertz CT molecular complexity index is 606. The summed E-state index contributed by atoms with van der Waals surface area (Å²) in [5.74, 6) is -0.226. The van der Waals surface area contributed by atoms with E-state index in [4.69, 9.17) is 0 Å². The van der Waals surface area contributed by atoms with Crippen LogP contribution in [0, 0.1) is 5.82 Å². The van der Waals surface area contributed by atoms with E-state index in [1.807, 2.05) is 6.07 Å². The molecule has 0 spiro atoms. The molecule has 0 radical (unpaired) electrons. The van der Waals surface area contributed by atoms with Crippen LogP contribution >= 0.6 is 0 Å². The highest BCUT2D eigenvalue weighted by Gasteiger charge is 2.26. The number of nitrogens with zero attached hydrogens (tertiary/aromatic N) is 3. The van der Waals surface area contributed by atoms with Gasteiger partial charge in [-0.25, -0.2) is 4.39 Å². The zero-order chi connectivity index (χ0) is 18.4. The van der Waals surface area contributed by atoms with Crippen molar-refractivity contribution in [3.8, 4) is 0 Å². The largest absolute Gasteiger partial charge is 0.349 e. The molecule has 6 heteroatoms. The first kappa shape index (κ1) is 19.4. The lowest BCUT2D eigenvalue weighted by atomic mass is 10.0. The van der Waals surface area contributed by atoms with E-state index < -0.39 is 0 Å². The number of carbonyl (C=O) groups excluding carboxylic acids is 2. The highest BCUT2D eigenvalue weighted by Crippen LogP contribution is 2.19. The van der Waals surface area contributed by atoms with Gasteiger partial charge in [0, 0.05) is 58.7 Å². The molecule has 1 fully saturated rings. The van der Waals surface area contributed by atoms with Crippen LogP contribution in [-0.4, -0.2) is 66.8 Å². The predicted octanol–water partition coefficient (Wildman–Crippen LogP) is 2.12. The van der Waals surface area contributed by atoms with Gasteiger partial charge in [0.05, 0.1) is 0 Å². The Kier molecular flexibility index (Phi) is 6.93. The Balaban J connectivity index is 1.88. The molecule has 5 nitrogen and oxygen atoms in total. The number of hydrogen-bond donors (Lipinski definition) is 0. The molecular weight excluding hydrogens is 321 g/mol. The van der Waals surface area contributed by atoms with Crippen LogP contribution in [0.2, 0.25) is 0 Å². The standard InChI is InChI=1S/C19H28FN3O2/c1-21(2)18(24)10-11-19(25)22(3)16-8-6-12-23(14-16)13-15-7-4-5-9-17(15)20/h4-5,7,9,16H,6,8,10-14H2,1-3H3. The first-order chi connectivity index (χ1) is 11.9. The third kappa shape index (κ3) is 5.53. The minimum atomic E-state index is -0.184. The summed E-state index contributed by atoms with van der Waals surface area (Å²) in [4.78, 5) is 29.5. The Morgan fingerprint density at radius 2 is 1.84 bits per heavy atom. The van der Waals surface area contributed by atoms with Gasteiger partial charge < -0.3 is 9.80 Å². The van der Waals surface area contributed by atoms with E-state index in [1.165, 1.54) is 11.0 Å². The Hall–Kier alpha value is -1.95. The average molecular weight is 349 g/mol. The summed E-state index contributed by atoms with van der Waals surface area (Å²) in [5.41, 5.74) is 0.689. The molecule has 0 N–H and O–H groups in total. The van der Waals surface area contributed by atoms with Crippen molar-refractivity contribution in [2.24, 2.45) is 0 Å². The van der Waals surface area contributed by atoms with Gasteiger partial charge in [0.15, 0.2) is 0 Å². The van der Waals surface area contributed by atoms with Crippen LogP contribution in [0.1, 0.15) is 31.2 Å². The van der Waals surface area contributed by atoms with Gasteiger partial charge in [0.2, 0.25) is 11.8 Å². The lowest BCUT2D eigenvalue weighted by molar-refractivity contribution is -0.137. The molecule has 0 bridgehead atoms. The smallest absolute Gasteiger partial charge is 0.223 e. The fraction of sp³-hybridized carbons (Fsp3) is 0.579. The third-order valence-electron chi connectivity index (χ3n) is 4.83. The fourth-order valence-corrected chi connectivity index (χ4v) is 3.18. The molecular formula is C19H28FN3O2. The number of halogens is 1. The summed E-state index contributed by atoms with van der Waals surface area (Å²) in [6.45, 7) is 2.20. The summed E-state index contributed by atoms with van der Waals surface area (Å²) < 4.78 is 13.8. The molecule has 0 aliphatic carbocycles. The molecule has 1 saturated heterocycles. The van der Waals surface area contributed by atoms with E-state index in [1.54, 1.807) is 38.2 Å². The molecule has 1 atom stereocenters. The van der Waals surface area contributed by atoms with Gasteiger partial charge in [0.25, 0.3) is 0 Å². The number of piperidine rings is 1. The highest BCUT2D eigenvalue weighted by atomic mass is 19.1. The average Bonchev–Trinajstić information content (AvgIpc) is 2.60. The summed E-state index contributed by atoms with van der Waals surface area (Å²) in [5, 5.41) is 0. The minimum Gasteiger partial charge on any atom is -0.349 e. The van der Waals surface area contributed by atoms with Crippen molar-refractivity contribution in [3.05, 3.63) is 35.6 Å². The topological polar surface area (TPSA) is 43.9 Å². The first-order valence-electron chi connectivity index (χ1n) is 8.80. The zero-order valence-electron chi connectivity index (χ0n) is 15.4. The maximum Gasteiger partial charge on any atom is 0.223 e. The van der Waals surface area contributed by atoms with Crippen LogP contribution in [0.4, 0.5) is 4.39 Å². The second-order valence-corrected chi connectivity index (χ2v) is 6.92. The van der Waals surface area contributed by atoms with Crippen molar-refractivity contribution in [1.29, 1.82) is 0 Å². The van der Waals surface area contributed by atoms with Gasteiger partial charge in [-0.1, -0.05) is 18.2 Å². The third-order valence-corrected chi connectivity index (χ3v) is 4.83. The normalized spacial score (nSPS) is 18.0. The van der Waals surface area contributed by atoms with Crippen LogP contribution in [0.5, 0.6) is 0 Å². The van der Waals surface area contributed by atoms with Crippen molar-refractivity contribution in [1.82, 2.24) is 14.7 Å². The molecule has 1 aromatic rings. The summed E-state index contributed by atoms with van der Waals surface area (Å²) >= 11 is 0. The summed E-state index contributed by atoms with van der Waals surface area (Å²) in [6.07, 6.45) is 2.39. The molecule has 2 rings (SSSR count). The number of carbonyl (C=O) groups is 2. The Morgan fingerprint density at radius 1 is 1.16 bits per heavy atom. The van der Waals surface area contributed by atoms with Crippen LogP contribution < -0.4 is 0 Å². The second-order valence-electron chi connectivity index (χ2n) is 6.92. The molecule has 25 heavy (non-hydrogen) atoms. The molecule has 1 aliphatic rings. The maximum atomic E-state index is 13.8. The lowest BCUT2D eigenvalue weighted by Gasteiger charge is -2.37. The van der Waals surface area contributed by atoms with Gasteiger partial charge in [-0.15, -0.1) is 0 Å². The molecule has 138 valence electrons. The van der Waals surface area contributed by atoms with Crippen molar-refractivity contribution >= 4 is 11.8 Å². The first-order valence-corrected chi connectivity index (χ1v) is 8.80. The maximum absolute atomic E-state index is 13.8. The number of likely N-dealkylation sites (tertiary alicyclic amines) is 1. The van der Waals surface area contributed by atoms with Crippen LogP contribution in [0.25, 0.3) is 0 Å². The fourth-order valence-electron chi connectivity index (χ4n) is 3.18. The Labute approximate surface area is 149 Å². The van der Waals surface area contributed by atoms with Gasteiger partial charge in [-0.2, -0.15) is 0 Å². The van der Waals surface area contributed by atoms with E-state index in [9.17, 15) is 14.0 Å². The molecule has 0 saturated carbocycles. The van der Waals surface area contributed by atoms with Crippen LogP contribution in [0.15, 0.2) is 24.3 Å². The van der Waals surface area contributed by atoms with E-state index in [0.717, 1.165) is 25.9 Å². The van der Waals surface area contributed by atoms with Gasteiger partial charge in [-0.3, -0.25) is 14.5 Å². The van der Waals surface area contributed by atoms with Crippen molar-refractivity contribution in [2.45, 2.75) is 38.3 Å². The van der Waals surface area contributed by atoms with Gasteiger partial charge in [-0.05, 0) is 25.5 Å². The number of benzene rings is 1. The molecule has 1 heterocycles. The Morgan fingerprint density at radius 3 is 2.52 bits per heavy atom. The highest BCUT2D eigenvalue weighted by molar-refractivity contribution is 5.83. The number of likely N-dealkylation sites (N-methyl/N-ethyl adjacent to an activating group) is 1. The van der Waals surface area contributed by atoms with Gasteiger partial charge >= 0.3 is 0 Å². The van der Waals surface area contributed by atoms with Crippen LogP contribution in [-0.2, 0) is 16.1 Å². The molecule has 1 aliphatic heterocycles. The summed E-state index contributed by atoms with van der Waals surface area (Å²) in [7, 11) is 5.19. The quantitative estimate of drug-likeness (QED) is 0.790. The minimum absolute atomic E-state index is 0.00654. The monoisotopic (exact) mass is 349 g/mol. The van der Waals surface area contributed by atoms with Gasteiger partial charge in [0.1, 0.15) is 5.82 Å². The molecule has 1 aromatic carbocycles. The van der Waals surface area contributed by atoms with E-state index in [-0.39, 0.29) is 36.5 Å². The lowest BCUT2D eigenvalue weighted by Crippen LogP contribution is -2.48. The molecule has 1 unspecified atom stereocenters. The number of hydrogen-bond acceptors (Lipinski definition) is 3. The van der Waals surface area contributed by atoms with Crippen molar-refractivity contribution < 1.29 is 14.0 Å². The number of rotatable bonds is 6. The van der Waals surface area contributed by atoms with Crippen LogP contribution in [0.3, 0.4) is 0 Å². The predicted molar refractivity (Wildman–Crippen MR) is 95.4 cm³/mol.